The molecule has 0 bridgehead atoms. The van der Waals surface area contributed by atoms with Gasteiger partial charge in [-0.25, -0.2) is 0 Å². The van der Waals surface area contributed by atoms with Gasteiger partial charge < -0.3 is 10.6 Å². The van der Waals surface area contributed by atoms with E-state index in [0.29, 0.717) is 13.0 Å². The van der Waals surface area contributed by atoms with Crippen LogP contribution in [-0.4, -0.2) is 28.4 Å². The Kier molecular flexibility index (Phi) is 5.63. The van der Waals surface area contributed by atoms with Crippen LogP contribution in [0.5, 0.6) is 0 Å². The third kappa shape index (κ3) is 4.15. The third-order valence-corrected chi connectivity index (χ3v) is 2.68. The molecule has 0 saturated carbocycles. The summed E-state index contributed by atoms with van der Waals surface area (Å²) in [5.74, 6) is 0.158. The Morgan fingerprint density at radius 1 is 1.41 bits per heavy atom. The zero-order chi connectivity index (χ0) is 12.7. The average molecular weight is 235 g/mol. The quantitative estimate of drug-likeness (QED) is 0.846. The highest BCUT2D eigenvalue weighted by molar-refractivity contribution is 5.77. The molecule has 1 aliphatic rings. The molecule has 1 saturated heterocycles. The summed E-state index contributed by atoms with van der Waals surface area (Å²) in [6.07, 6.45) is 4.87. The smallest absolute Gasteiger partial charge is 0.224 e. The minimum absolute atomic E-state index is 0.0474. The van der Waals surface area contributed by atoms with Crippen LogP contribution in [0, 0.1) is 0 Å². The maximum atomic E-state index is 11.6. The predicted molar refractivity (Wildman–Crippen MR) is 68.2 cm³/mol. The van der Waals surface area contributed by atoms with Crippen molar-refractivity contribution in [1.29, 1.82) is 0 Å². The number of rotatable bonds is 2. The van der Waals surface area contributed by atoms with Crippen LogP contribution >= 0.6 is 0 Å². The molecule has 4 heteroatoms. The van der Waals surface area contributed by atoms with Crippen LogP contribution in [-0.2, 0) is 11.3 Å². The number of hydrogen-bond donors (Lipinski definition) is 1. The van der Waals surface area contributed by atoms with Crippen LogP contribution in [0.4, 0.5) is 0 Å². The Labute approximate surface area is 103 Å². The lowest BCUT2D eigenvalue weighted by molar-refractivity contribution is -0.134. The molecule has 2 rings (SSSR count). The fourth-order valence-corrected chi connectivity index (χ4v) is 1.78. The molecule has 0 spiro atoms. The van der Waals surface area contributed by atoms with Gasteiger partial charge in [-0.2, -0.15) is 0 Å². The van der Waals surface area contributed by atoms with E-state index in [1.807, 2.05) is 30.9 Å². The van der Waals surface area contributed by atoms with Crippen molar-refractivity contribution in [2.45, 2.75) is 39.3 Å². The summed E-state index contributed by atoms with van der Waals surface area (Å²) in [4.78, 5) is 17.4. The molecule has 1 aromatic heterocycles. The fourth-order valence-electron chi connectivity index (χ4n) is 1.78. The van der Waals surface area contributed by atoms with Crippen molar-refractivity contribution in [3.05, 3.63) is 30.1 Å². The maximum absolute atomic E-state index is 11.6. The first kappa shape index (κ1) is 13.6. The van der Waals surface area contributed by atoms with Gasteiger partial charge in [0.1, 0.15) is 0 Å². The number of pyridine rings is 1. The van der Waals surface area contributed by atoms with Crippen LogP contribution in [0.25, 0.3) is 0 Å². The molecular formula is C13H21N3O. The van der Waals surface area contributed by atoms with Crippen molar-refractivity contribution in [2.24, 2.45) is 5.73 Å². The minimum Gasteiger partial charge on any atom is -0.338 e. The summed E-state index contributed by atoms with van der Waals surface area (Å²) in [6, 6.07) is 3.91. The average Bonchev–Trinajstić information content (AvgIpc) is 2.37. The summed E-state index contributed by atoms with van der Waals surface area (Å²) in [6.45, 7) is 5.44. The normalized spacial score (nSPS) is 19.6. The van der Waals surface area contributed by atoms with Crippen molar-refractivity contribution in [2.75, 3.05) is 6.54 Å². The lowest BCUT2D eigenvalue weighted by atomic mass is 10.0. The number of aromatic nitrogens is 1. The Morgan fingerprint density at radius 3 is 2.65 bits per heavy atom. The Hall–Kier alpha value is -1.42. The number of carbonyl (C=O) groups is 1. The standard InChI is InChI=1S/C11H15N3O.C2H6/c12-10-3-6-14(11(15)7-10)8-9-1-4-13-5-2-9;1-2/h1-2,4-5,10H,3,6-8,12H2;1-2H3. The van der Waals surface area contributed by atoms with E-state index in [0.717, 1.165) is 18.5 Å². The number of piperidine rings is 1. The van der Waals surface area contributed by atoms with E-state index in [4.69, 9.17) is 5.73 Å². The topological polar surface area (TPSA) is 59.2 Å². The number of nitrogens with two attached hydrogens (primary N) is 1. The molecule has 2 heterocycles. The van der Waals surface area contributed by atoms with E-state index >= 15 is 0 Å². The molecule has 1 amide bonds. The van der Waals surface area contributed by atoms with Gasteiger partial charge >= 0.3 is 0 Å². The van der Waals surface area contributed by atoms with E-state index in [1.54, 1.807) is 12.4 Å². The van der Waals surface area contributed by atoms with Crippen molar-refractivity contribution in [1.82, 2.24) is 9.88 Å². The highest BCUT2D eigenvalue weighted by atomic mass is 16.2. The summed E-state index contributed by atoms with van der Waals surface area (Å²) in [7, 11) is 0. The lowest BCUT2D eigenvalue weighted by Crippen LogP contribution is -2.43. The van der Waals surface area contributed by atoms with Gasteiger partial charge in [-0.1, -0.05) is 13.8 Å². The maximum Gasteiger partial charge on any atom is 0.224 e. The van der Waals surface area contributed by atoms with Crippen molar-refractivity contribution < 1.29 is 4.79 Å². The molecule has 1 fully saturated rings. The molecule has 94 valence electrons. The molecule has 17 heavy (non-hydrogen) atoms. The molecule has 2 N–H and O–H groups in total. The number of amides is 1. The van der Waals surface area contributed by atoms with Gasteiger partial charge in [-0.05, 0) is 24.1 Å². The van der Waals surface area contributed by atoms with Crippen LogP contribution in [0.3, 0.4) is 0 Å². The fraction of sp³-hybridized carbons (Fsp3) is 0.538. The highest BCUT2D eigenvalue weighted by Gasteiger charge is 2.22. The molecule has 0 aromatic carbocycles. The second-order valence-corrected chi connectivity index (χ2v) is 3.92. The number of hydrogen-bond acceptors (Lipinski definition) is 3. The second kappa shape index (κ2) is 7.01. The van der Waals surface area contributed by atoms with Crippen LogP contribution in [0.1, 0.15) is 32.3 Å². The van der Waals surface area contributed by atoms with E-state index in [2.05, 4.69) is 4.98 Å². The molecule has 1 aliphatic heterocycles. The van der Waals surface area contributed by atoms with Gasteiger partial charge in [0.15, 0.2) is 0 Å². The van der Waals surface area contributed by atoms with E-state index in [-0.39, 0.29) is 11.9 Å². The summed E-state index contributed by atoms with van der Waals surface area (Å²) >= 11 is 0. The largest absolute Gasteiger partial charge is 0.338 e. The van der Waals surface area contributed by atoms with E-state index in [1.165, 1.54) is 0 Å². The molecular weight excluding hydrogens is 214 g/mol. The van der Waals surface area contributed by atoms with E-state index in [9.17, 15) is 4.79 Å². The van der Waals surface area contributed by atoms with E-state index < -0.39 is 0 Å². The number of likely N-dealkylation sites (tertiary alicyclic amines) is 1. The first-order valence-electron chi connectivity index (χ1n) is 6.18. The van der Waals surface area contributed by atoms with Crippen LogP contribution in [0.2, 0.25) is 0 Å². The second-order valence-electron chi connectivity index (χ2n) is 3.92. The molecule has 4 nitrogen and oxygen atoms in total. The molecule has 0 radical (unpaired) electrons. The summed E-state index contributed by atoms with van der Waals surface area (Å²) in [5, 5.41) is 0. The zero-order valence-corrected chi connectivity index (χ0v) is 10.6. The highest BCUT2D eigenvalue weighted by Crippen LogP contribution is 2.13. The van der Waals surface area contributed by atoms with Gasteiger partial charge in [0.2, 0.25) is 5.91 Å². The number of carbonyl (C=O) groups excluding carboxylic acids is 1. The predicted octanol–water partition coefficient (Wildman–Crippen LogP) is 1.56. The van der Waals surface area contributed by atoms with Crippen molar-refractivity contribution in [3.63, 3.8) is 0 Å². The van der Waals surface area contributed by atoms with Crippen molar-refractivity contribution in [3.8, 4) is 0 Å². The van der Waals surface area contributed by atoms with Crippen LogP contribution in [0.15, 0.2) is 24.5 Å². The van der Waals surface area contributed by atoms with Crippen LogP contribution < -0.4 is 5.73 Å². The number of nitrogens with zero attached hydrogens (tertiary/aromatic N) is 2. The van der Waals surface area contributed by atoms with Gasteiger partial charge in [0.05, 0.1) is 0 Å². The molecule has 0 aliphatic carbocycles. The molecule has 1 atom stereocenters. The third-order valence-electron chi connectivity index (χ3n) is 2.68. The first-order valence-corrected chi connectivity index (χ1v) is 6.18. The molecule has 1 unspecified atom stereocenters. The lowest BCUT2D eigenvalue weighted by Gasteiger charge is -2.30. The minimum atomic E-state index is 0.0474. The molecule has 1 aromatic rings. The SMILES string of the molecule is CC.NC1CCN(Cc2ccncc2)C(=O)C1. The van der Waals surface area contributed by atoms with Crippen molar-refractivity contribution >= 4 is 5.91 Å². The Morgan fingerprint density at radius 2 is 2.06 bits per heavy atom. The van der Waals surface area contributed by atoms with Gasteiger partial charge in [-0.3, -0.25) is 9.78 Å². The van der Waals surface area contributed by atoms with Gasteiger partial charge in [-0.15, -0.1) is 0 Å². The zero-order valence-electron chi connectivity index (χ0n) is 10.6. The monoisotopic (exact) mass is 235 g/mol. The summed E-state index contributed by atoms with van der Waals surface area (Å²) in [5.41, 5.74) is 6.84. The first-order chi connectivity index (χ1) is 8.25. The Balaban J connectivity index is 0.000000686. The van der Waals surface area contributed by atoms with Gasteiger partial charge in [0.25, 0.3) is 0 Å². The Bertz CT molecular complexity index is 340. The van der Waals surface area contributed by atoms with Gasteiger partial charge in [0, 0.05) is 37.9 Å². The summed E-state index contributed by atoms with van der Waals surface area (Å²) < 4.78 is 0.